The number of ketones is 1. The predicted octanol–water partition coefficient (Wildman–Crippen LogP) is 0.536. The molecule has 0 spiro atoms. The quantitative estimate of drug-likeness (QED) is 0.359. The monoisotopic (exact) mass is 188 g/mol. The average molecular weight is 188 g/mol. The Morgan fingerprint density at radius 2 is 2.25 bits per heavy atom. The Morgan fingerprint density at radius 3 is 2.38 bits per heavy atom. The van der Waals surface area contributed by atoms with Crippen LogP contribution in [0.5, 0.6) is 0 Å². The number of allylic oxidation sites excluding steroid dienone is 1. The maximum Gasteiger partial charge on any atom is 0.0511 e. The van der Waals surface area contributed by atoms with Crippen LogP contribution < -0.4 is 0 Å². The van der Waals surface area contributed by atoms with Gasteiger partial charge in [-0.1, -0.05) is 13.2 Å². The van der Waals surface area contributed by atoms with E-state index in [1.807, 2.05) is 0 Å². The first-order chi connectivity index (χ1) is 3.27. The van der Waals surface area contributed by atoms with Gasteiger partial charge in [0.2, 0.25) is 0 Å². The first-order valence-electron chi connectivity index (χ1n) is 1.89. The van der Waals surface area contributed by atoms with Crippen molar-refractivity contribution in [1.29, 1.82) is 0 Å². The number of rotatable bonds is 2. The van der Waals surface area contributed by atoms with Gasteiger partial charge >= 0.3 is 0 Å². The van der Waals surface area contributed by atoms with Crippen LogP contribution in [-0.4, -0.2) is 12.9 Å². The molecule has 0 N–H and O–H groups in total. The summed E-state index contributed by atoms with van der Waals surface area (Å²) >= 11 is 0. The van der Waals surface area contributed by atoms with Crippen LogP contribution in [0.15, 0.2) is 6.08 Å². The molecular formula is C5H7O2Y-. The van der Waals surface area contributed by atoms with Gasteiger partial charge < -0.3 is 9.53 Å². The Kier molecular flexibility index (Phi) is 10.2. The molecule has 3 heteroatoms. The minimum Gasteiger partial charge on any atom is -0.596 e. The molecule has 0 aromatic heterocycles. The normalized spacial score (nSPS) is 8.25. The van der Waals surface area contributed by atoms with E-state index in [0.29, 0.717) is 0 Å². The van der Waals surface area contributed by atoms with E-state index in [1.165, 1.54) is 20.1 Å². The van der Waals surface area contributed by atoms with Gasteiger partial charge in [-0.15, -0.1) is 0 Å². The van der Waals surface area contributed by atoms with Crippen LogP contribution in [0.2, 0.25) is 0 Å². The fraction of sp³-hybridized carbons (Fsp3) is 0.400. The number of methoxy groups -OCH3 is 1. The number of hydrogen-bond acceptors (Lipinski definition) is 2. The number of carbonyl (C=O) groups excluding carboxylic acids is 1. The topological polar surface area (TPSA) is 26.3 Å². The van der Waals surface area contributed by atoms with Crippen molar-refractivity contribution < 1.29 is 42.2 Å². The van der Waals surface area contributed by atoms with E-state index in [-0.39, 0.29) is 38.5 Å². The van der Waals surface area contributed by atoms with Gasteiger partial charge in [-0.3, -0.25) is 0 Å². The molecule has 0 saturated carbocycles. The summed E-state index contributed by atoms with van der Waals surface area (Å²) in [6.45, 7) is 1.44. The molecule has 0 unspecified atom stereocenters. The van der Waals surface area contributed by atoms with Crippen LogP contribution in [-0.2, 0) is 42.2 Å². The molecule has 0 fully saturated rings. The summed E-state index contributed by atoms with van der Waals surface area (Å²) < 4.78 is 4.33. The van der Waals surface area contributed by atoms with E-state index in [9.17, 15) is 4.79 Å². The van der Waals surface area contributed by atoms with Gasteiger partial charge in [0.15, 0.2) is 0 Å². The fourth-order valence-electron chi connectivity index (χ4n) is 0.142. The molecule has 2 nitrogen and oxygen atoms in total. The molecule has 0 heterocycles. The largest absolute Gasteiger partial charge is 0.596 e. The summed E-state index contributed by atoms with van der Waals surface area (Å²) in [5.41, 5.74) is 0. The summed E-state index contributed by atoms with van der Waals surface area (Å²) in [6.07, 6.45) is 3.51. The molecule has 0 amide bonds. The summed E-state index contributed by atoms with van der Waals surface area (Å²) in [6, 6.07) is 0. The van der Waals surface area contributed by atoms with Crippen LogP contribution in [0.4, 0.5) is 0 Å². The zero-order valence-electron chi connectivity index (χ0n) is 4.97. The second-order valence-electron chi connectivity index (χ2n) is 1.08. The number of hydrogen-bond donors (Lipinski definition) is 0. The fourth-order valence-corrected chi connectivity index (χ4v) is 0.142. The molecule has 8 heavy (non-hydrogen) atoms. The van der Waals surface area contributed by atoms with Crippen LogP contribution in [0, 0.1) is 6.26 Å². The zero-order chi connectivity index (χ0) is 5.70. The van der Waals surface area contributed by atoms with Crippen molar-refractivity contribution in [1.82, 2.24) is 0 Å². The molecule has 0 bridgehead atoms. The minimum atomic E-state index is -0.0538. The first-order valence-corrected chi connectivity index (χ1v) is 1.89. The van der Waals surface area contributed by atoms with Gasteiger partial charge in [-0.25, -0.2) is 0 Å². The molecule has 0 aliphatic heterocycles. The van der Waals surface area contributed by atoms with Crippen LogP contribution in [0.1, 0.15) is 6.92 Å². The Hall–Kier alpha value is 0.314. The van der Waals surface area contributed by atoms with E-state index in [0.717, 1.165) is 0 Å². The molecule has 43 valence electrons. The van der Waals surface area contributed by atoms with E-state index >= 15 is 0 Å². The third kappa shape index (κ3) is 9.58. The molecule has 0 aromatic carbocycles. The number of carbonyl (C=O) groups is 1. The van der Waals surface area contributed by atoms with E-state index in [4.69, 9.17) is 0 Å². The maximum atomic E-state index is 10.0. The van der Waals surface area contributed by atoms with Crippen LogP contribution in [0.25, 0.3) is 0 Å². The average Bonchev–Trinajstić information content (AvgIpc) is 1.61. The van der Waals surface area contributed by atoms with Crippen molar-refractivity contribution in [2.75, 3.05) is 7.11 Å². The second-order valence-corrected chi connectivity index (χ2v) is 1.08. The third-order valence-corrected chi connectivity index (χ3v) is 0.380. The van der Waals surface area contributed by atoms with Gasteiger partial charge in [-0.05, 0) is 0 Å². The molecule has 0 aliphatic carbocycles. The van der Waals surface area contributed by atoms with Crippen molar-refractivity contribution >= 4 is 5.78 Å². The van der Waals surface area contributed by atoms with Crippen LogP contribution in [0.3, 0.4) is 0 Å². The molecule has 0 saturated heterocycles. The molecule has 0 rings (SSSR count). The van der Waals surface area contributed by atoms with Gasteiger partial charge in [0.25, 0.3) is 0 Å². The molecule has 0 aliphatic rings. The van der Waals surface area contributed by atoms with Crippen molar-refractivity contribution in [3.8, 4) is 0 Å². The molecule has 1 radical (unpaired) electrons. The summed E-state index contributed by atoms with van der Waals surface area (Å²) in [5, 5.41) is 0. The Bertz CT molecular complexity index is 88.4. The zero-order valence-corrected chi connectivity index (χ0v) is 7.81. The minimum absolute atomic E-state index is 0. The second kappa shape index (κ2) is 7.31. The maximum absolute atomic E-state index is 10.0. The summed E-state index contributed by atoms with van der Waals surface area (Å²) in [5.74, 6) is -0.0538. The Labute approximate surface area is 74.2 Å². The standard InChI is InChI=1S/C5H7O2.Y/c1-5(6)3-4-7-2;/h3H,1-2H3;/q-1;. The summed E-state index contributed by atoms with van der Waals surface area (Å²) in [7, 11) is 1.44. The van der Waals surface area contributed by atoms with Gasteiger partial charge in [0.05, 0.1) is 7.11 Å². The molecule has 0 atom stereocenters. The molecule has 0 aromatic rings. The van der Waals surface area contributed by atoms with E-state index in [2.05, 4.69) is 11.0 Å². The van der Waals surface area contributed by atoms with Crippen molar-refractivity contribution in [3.63, 3.8) is 0 Å². The van der Waals surface area contributed by atoms with Crippen molar-refractivity contribution in [3.05, 3.63) is 12.3 Å². The van der Waals surface area contributed by atoms with Crippen LogP contribution >= 0.6 is 0 Å². The van der Waals surface area contributed by atoms with Gasteiger partial charge in [-0.2, -0.15) is 6.08 Å². The van der Waals surface area contributed by atoms with Crippen molar-refractivity contribution in [2.24, 2.45) is 0 Å². The van der Waals surface area contributed by atoms with E-state index in [1.54, 1.807) is 0 Å². The first kappa shape index (κ1) is 11.2. The van der Waals surface area contributed by atoms with Crippen molar-refractivity contribution in [2.45, 2.75) is 6.92 Å². The predicted molar refractivity (Wildman–Crippen MR) is 25.5 cm³/mol. The Morgan fingerprint density at radius 1 is 1.75 bits per heavy atom. The third-order valence-electron chi connectivity index (χ3n) is 0.380. The molecular weight excluding hydrogens is 181 g/mol. The van der Waals surface area contributed by atoms with E-state index < -0.39 is 0 Å². The number of ether oxygens (including phenoxy) is 1. The SMILES string of the molecule is CO[C-]=CC(C)=O.[Y]. The Balaban J connectivity index is 0. The summed E-state index contributed by atoms with van der Waals surface area (Å²) in [4.78, 5) is 10.0. The van der Waals surface area contributed by atoms with Gasteiger partial charge in [0, 0.05) is 38.5 Å². The van der Waals surface area contributed by atoms with Gasteiger partial charge in [0.1, 0.15) is 0 Å². The smallest absolute Gasteiger partial charge is 0.0511 e.